The van der Waals surface area contributed by atoms with Gasteiger partial charge >= 0.3 is 0 Å². The maximum atomic E-state index is 12.1. The van der Waals surface area contributed by atoms with Gasteiger partial charge in [-0.25, -0.2) is 0 Å². The van der Waals surface area contributed by atoms with Crippen molar-refractivity contribution in [3.05, 3.63) is 53.6 Å². The molecule has 0 bridgehead atoms. The number of hydrogen-bond acceptors (Lipinski definition) is 3. The molecule has 0 spiro atoms. The molecule has 0 heterocycles. The van der Waals surface area contributed by atoms with Crippen LogP contribution in [0.2, 0.25) is 0 Å². The Hall–Kier alpha value is -2.27. The Morgan fingerprint density at radius 3 is 2.52 bits per heavy atom. The molecule has 0 fully saturated rings. The highest BCUT2D eigenvalue weighted by Crippen LogP contribution is 2.22. The van der Waals surface area contributed by atoms with Gasteiger partial charge in [-0.05, 0) is 43.7 Å². The molecular formula is C18H20N2O2S. The summed E-state index contributed by atoms with van der Waals surface area (Å²) in [6, 6.07) is 13.4. The van der Waals surface area contributed by atoms with Gasteiger partial charge < -0.3 is 10.6 Å². The number of nitrogens with one attached hydrogen (secondary N) is 2. The van der Waals surface area contributed by atoms with Crippen LogP contribution in [0.3, 0.4) is 0 Å². The van der Waals surface area contributed by atoms with Crippen molar-refractivity contribution in [3.63, 3.8) is 0 Å². The Kier molecular flexibility index (Phi) is 5.82. The molecule has 0 aliphatic heterocycles. The smallest absolute Gasteiger partial charge is 0.234 e. The van der Waals surface area contributed by atoms with E-state index in [0.29, 0.717) is 5.75 Å². The van der Waals surface area contributed by atoms with Crippen molar-refractivity contribution in [2.45, 2.75) is 25.7 Å². The van der Waals surface area contributed by atoms with Gasteiger partial charge in [-0.1, -0.05) is 23.8 Å². The maximum absolute atomic E-state index is 12.1. The average Bonchev–Trinajstić information content (AvgIpc) is 2.48. The van der Waals surface area contributed by atoms with E-state index in [1.54, 1.807) is 0 Å². The van der Waals surface area contributed by atoms with Crippen molar-refractivity contribution in [3.8, 4) is 0 Å². The van der Waals surface area contributed by atoms with Gasteiger partial charge in [0, 0.05) is 23.2 Å². The predicted octanol–water partition coefficient (Wildman–Crippen LogP) is 3.99. The van der Waals surface area contributed by atoms with Crippen LogP contribution in [0.1, 0.15) is 18.1 Å². The summed E-state index contributed by atoms with van der Waals surface area (Å²) in [5, 5.41) is 5.66. The van der Waals surface area contributed by atoms with Crippen LogP contribution in [0.15, 0.2) is 47.4 Å². The standard InChI is InChI=1S/C18H20N2O2S/c1-12-7-8-17(13(2)9-12)20-18(22)11-23-16-6-4-5-15(10-16)19-14(3)21/h4-10H,11H2,1-3H3,(H,19,21)(H,20,22). The van der Waals surface area contributed by atoms with E-state index in [2.05, 4.69) is 10.6 Å². The van der Waals surface area contributed by atoms with Gasteiger partial charge in [0.05, 0.1) is 5.75 Å². The maximum Gasteiger partial charge on any atom is 0.234 e. The van der Waals surface area contributed by atoms with Gasteiger partial charge in [0.2, 0.25) is 11.8 Å². The fraction of sp³-hybridized carbons (Fsp3) is 0.222. The molecule has 2 N–H and O–H groups in total. The first-order valence-electron chi connectivity index (χ1n) is 7.31. The van der Waals surface area contributed by atoms with Crippen LogP contribution in [-0.4, -0.2) is 17.6 Å². The van der Waals surface area contributed by atoms with E-state index in [1.165, 1.54) is 24.2 Å². The first kappa shape index (κ1) is 17.1. The van der Waals surface area contributed by atoms with E-state index >= 15 is 0 Å². The molecule has 0 unspecified atom stereocenters. The Labute approximate surface area is 140 Å². The summed E-state index contributed by atoms with van der Waals surface area (Å²) in [5.41, 5.74) is 3.80. The van der Waals surface area contributed by atoms with Crippen molar-refractivity contribution in [2.75, 3.05) is 16.4 Å². The van der Waals surface area contributed by atoms with E-state index in [0.717, 1.165) is 21.8 Å². The van der Waals surface area contributed by atoms with Crippen LogP contribution in [-0.2, 0) is 9.59 Å². The summed E-state index contributed by atoms with van der Waals surface area (Å²) in [6.45, 7) is 5.47. The van der Waals surface area contributed by atoms with Gasteiger partial charge in [-0.3, -0.25) is 9.59 Å². The van der Waals surface area contributed by atoms with Crippen LogP contribution >= 0.6 is 11.8 Å². The Morgan fingerprint density at radius 2 is 1.83 bits per heavy atom. The molecule has 0 radical (unpaired) electrons. The van der Waals surface area contributed by atoms with E-state index in [1.807, 2.05) is 56.3 Å². The van der Waals surface area contributed by atoms with Crippen LogP contribution in [0.4, 0.5) is 11.4 Å². The summed E-state index contributed by atoms with van der Waals surface area (Å²) >= 11 is 1.43. The highest BCUT2D eigenvalue weighted by atomic mass is 32.2. The third-order valence-electron chi connectivity index (χ3n) is 3.18. The zero-order valence-corrected chi connectivity index (χ0v) is 14.3. The highest BCUT2D eigenvalue weighted by molar-refractivity contribution is 8.00. The minimum absolute atomic E-state index is 0.0492. The second-order valence-corrected chi connectivity index (χ2v) is 6.41. The minimum atomic E-state index is -0.111. The summed E-state index contributed by atoms with van der Waals surface area (Å²) in [6.07, 6.45) is 0. The predicted molar refractivity (Wildman–Crippen MR) is 96.0 cm³/mol. The molecule has 0 aliphatic rings. The third-order valence-corrected chi connectivity index (χ3v) is 4.17. The molecule has 0 aromatic heterocycles. The quantitative estimate of drug-likeness (QED) is 0.816. The highest BCUT2D eigenvalue weighted by Gasteiger charge is 2.06. The minimum Gasteiger partial charge on any atom is -0.326 e. The topological polar surface area (TPSA) is 58.2 Å². The van der Waals surface area contributed by atoms with E-state index < -0.39 is 0 Å². The van der Waals surface area contributed by atoms with Crippen molar-refractivity contribution in [1.29, 1.82) is 0 Å². The van der Waals surface area contributed by atoms with Gasteiger partial charge in [-0.15, -0.1) is 11.8 Å². The molecule has 0 saturated carbocycles. The van der Waals surface area contributed by atoms with Crippen LogP contribution in [0, 0.1) is 13.8 Å². The number of carbonyl (C=O) groups is 2. The summed E-state index contributed by atoms with van der Waals surface area (Å²) < 4.78 is 0. The number of aryl methyl sites for hydroxylation is 2. The van der Waals surface area contributed by atoms with E-state index in [-0.39, 0.29) is 11.8 Å². The van der Waals surface area contributed by atoms with Crippen molar-refractivity contribution in [1.82, 2.24) is 0 Å². The van der Waals surface area contributed by atoms with Gasteiger partial charge in [0.15, 0.2) is 0 Å². The number of rotatable bonds is 5. The van der Waals surface area contributed by atoms with Gasteiger partial charge in [0.25, 0.3) is 0 Å². The van der Waals surface area contributed by atoms with Crippen molar-refractivity contribution >= 4 is 35.0 Å². The van der Waals surface area contributed by atoms with E-state index in [9.17, 15) is 9.59 Å². The SMILES string of the molecule is CC(=O)Nc1cccc(SCC(=O)Nc2ccc(C)cc2C)c1. The summed E-state index contributed by atoms with van der Waals surface area (Å²) in [5.74, 6) is 0.156. The number of anilines is 2. The van der Waals surface area contributed by atoms with Gasteiger partial charge in [-0.2, -0.15) is 0 Å². The number of carbonyl (C=O) groups excluding carboxylic acids is 2. The van der Waals surface area contributed by atoms with Crippen LogP contribution in [0.25, 0.3) is 0 Å². The van der Waals surface area contributed by atoms with Gasteiger partial charge in [0.1, 0.15) is 0 Å². The molecule has 120 valence electrons. The summed E-state index contributed by atoms with van der Waals surface area (Å²) in [7, 11) is 0. The lowest BCUT2D eigenvalue weighted by Gasteiger charge is -2.09. The fourth-order valence-corrected chi connectivity index (χ4v) is 2.91. The number of benzene rings is 2. The second-order valence-electron chi connectivity index (χ2n) is 5.36. The van der Waals surface area contributed by atoms with E-state index in [4.69, 9.17) is 0 Å². The molecule has 2 amide bonds. The first-order chi connectivity index (χ1) is 10.9. The molecule has 0 aliphatic carbocycles. The lowest BCUT2D eigenvalue weighted by atomic mass is 10.1. The zero-order valence-electron chi connectivity index (χ0n) is 13.5. The third kappa shape index (κ3) is 5.45. The molecule has 0 atom stereocenters. The fourth-order valence-electron chi connectivity index (χ4n) is 2.16. The lowest BCUT2D eigenvalue weighted by molar-refractivity contribution is -0.114. The number of hydrogen-bond donors (Lipinski definition) is 2. The molecule has 4 nitrogen and oxygen atoms in total. The van der Waals surface area contributed by atoms with Crippen molar-refractivity contribution in [2.24, 2.45) is 0 Å². The largest absolute Gasteiger partial charge is 0.326 e. The molecule has 23 heavy (non-hydrogen) atoms. The normalized spacial score (nSPS) is 10.2. The monoisotopic (exact) mass is 328 g/mol. The second kappa shape index (κ2) is 7.83. The number of amides is 2. The average molecular weight is 328 g/mol. The molecule has 2 rings (SSSR count). The van der Waals surface area contributed by atoms with Crippen molar-refractivity contribution < 1.29 is 9.59 Å². The Morgan fingerprint density at radius 1 is 1.04 bits per heavy atom. The van der Waals surface area contributed by atoms with Crippen LogP contribution in [0.5, 0.6) is 0 Å². The molecule has 2 aromatic rings. The van der Waals surface area contributed by atoms with Crippen LogP contribution < -0.4 is 10.6 Å². The number of thioether (sulfide) groups is 1. The Balaban J connectivity index is 1.92. The molecule has 2 aromatic carbocycles. The molecule has 0 saturated heterocycles. The first-order valence-corrected chi connectivity index (χ1v) is 8.30. The molecular weight excluding hydrogens is 308 g/mol. The zero-order chi connectivity index (χ0) is 16.8. The molecule has 5 heteroatoms. The Bertz CT molecular complexity index is 729. The summed E-state index contributed by atoms with van der Waals surface area (Å²) in [4.78, 5) is 24.1. The lowest BCUT2D eigenvalue weighted by Crippen LogP contribution is -2.14.